The van der Waals surface area contributed by atoms with Gasteiger partial charge in [0.1, 0.15) is 17.6 Å². The third-order valence-corrected chi connectivity index (χ3v) is 4.72. The van der Waals surface area contributed by atoms with E-state index in [-0.39, 0.29) is 6.04 Å². The summed E-state index contributed by atoms with van der Waals surface area (Å²) in [6.07, 6.45) is 0. The molecule has 2 heterocycles. The molecule has 1 atom stereocenters. The molecule has 1 unspecified atom stereocenters. The van der Waals surface area contributed by atoms with Crippen molar-refractivity contribution in [1.82, 2.24) is 5.32 Å². The van der Waals surface area contributed by atoms with Crippen molar-refractivity contribution in [2.45, 2.75) is 26.8 Å². The number of rotatable bonds is 3. The number of furan rings is 1. The lowest BCUT2D eigenvalue weighted by Gasteiger charge is -2.12. The van der Waals surface area contributed by atoms with Gasteiger partial charge in [0, 0.05) is 4.88 Å². The maximum Gasteiger partial charge on any atom is 0.126 e. The van der Waals surface area contributed by atoms with Gasteiger partial charge < -0.3 is 9.73 Å². The second-order valence-electron chi connectivity index (χ2n) is 4.21. The predicted molar refractivity (Wildman–Crippen MR) is 73.2 cm³/mol. The summed E-state index contributed by atoms with van der Waals surface area (Å²) in [6, 6.07) is 2.11. The molecule has 0 aliphatic carbocycles. The molecule has 0 fully saturated rings. The minimum absolute atomic E-state index is 0.0357. The Morgan fingerprint density at radius 3 is 2.41 bits per heavy atom. The van der Waals surface area contributed by atoms with Crippen LogP contribution in [0.15, 0.2) is 15.9 Å². The topological polar surface area (TPSA) is 25.2 Å². The Bertz CT molecular complexity index is 510. The fourth-order valence-corrected chi connectivity index (χ4v) is 3.21. The Morgan fingerprint density at radius 1 is 1.29 bits per heavy atom. The van der Waals surface area contributed by atoms with Crippen molar-refractivity contribution in [2.24, 2.45) is 0 Å². The average molecular weight is 270 g/mol. The lowest BCUT2D eigenvalue weighted by molar-refractivity contribution is 0.445. The molecule has 1 N–H and O–H groups in total. The fraction of sp³-hybridized carbons (Fsp3) is 0.385. The van der Waals surface area contributed by atoms with Gasteiger partial charge in [-0.15, -0.1) is 11.3 Å². The summed E-state index contributed by atoms with van der Waals surface area (Å²) in [7, 11) is 1.92. The van der Waals surface area contributed by atoms with Crippen LogP contribution < -0.4 is 5.32 Å². The van der Waals surface area contributed by atoms with Gasteiger partial charge in [-0.25, -0.2) is 0 Å². The second kappa shape index (κ2) is 4.84. The highest BCUT2D eigenvalue weighted by Gasteiger charge is 2.21. The van der Waals surface area contributed by atoms with Gasteiger partial charge in [-0.3, -0.25) is 0 Å². The van der Waals surface area contributed by atoms with Crippen LogP contribution in [0.3, 0.4) is 0 Å². The highest BCUT2D eigenvalue weighted by molar-refractivity contribution is 7.10. The molecule has 0 saturated heterocycles. The summed E-state index contributed by atoms with van der Waals surface area (Å²) in [5, 5.41) is 6.17. The third kappa shape index (κ3) is 2.28. The summed E-state index contributed by atoms with van der Waals surface area (Å²) in [5.41, 5.74) is 2.29. The minimum Gasteiger partial charge on any atom is -0.464 e. The van der Waals surface area contributed by atoms with Crippen LogP contribution in [0, 0.1) is 20.8 Å². The highest BCUT2D eigenvalue weighted by Crippen LogP contribution is 2.36. The molecule has 0 aromatic carbocycles. The smallest absolute Gasteiger partial charge is 0.126 e. The van der Waals surface area contributed by atoms with E-state index in [1.165, 1.54) is 5.56 Å². The first-order chi connectivity index (χ1) is 8.04. The van der Waals surface area contributed by atoms with E-state index in [1.807, 2.05) is 20.9 Å². The molecule has 2 aromatic heterocycles. The first kappa shape index (κ1) is 12.7. The van der Waals surface area contributed by atoms with Crippen LogP contribution >= 0.6 is 22.9 Å². The van der Waals surface area contributed by atoms with Crippen LogP contribution in [0.5, 0.6) is 0 Å². The Morgan fingerprint density at radius 2 is 2.00 bits per heavy atom. The van der Waals surface area contributed by atoms with Gasteiger partial charge in [-0.1, -0.05) is 11.6 Å². The summed E-state index contributed by atoms with van der Waals surface area (Å²) >= 11 is 7.97. The van der Waals surface area contributed by atoms with Crippen molar-refractivity contribution in [2.75, 3.05) is 7.05 Å². The van der Waals surface area contributed by atoms with Crippen molar-refractivity contribution in [3.63, 3.8) is 0 Å². The van der Waals surface area contributed by atoms with Crippen LogP contribution in [0.2, 0.25) is 5.02 Å². The Hall–Kier alpha value is -0.770. The lowest BCUT2D eigenvalue weighted by atomic mass is 10.1. The van der Waals surface area contributed by atoms with Crippen LogP contribution in [0.25, 0.3) is 0 Å². The number of thiophene rings is 1. The van der Waals surface area contributed by atoms with E-state index in [0.29, 0.717) is 0 Å². The number of halogens is 1. The first-order valence-corrected chi connectivity index (χ1v) is 6.78. The molecule has 0 aliphatic rings. The molecule has 92 valence electrons. The number of hydrogen-bond donors (Lipinski definition) is 1. The zero-order chi connectivity index (χ0) is 12.6. The van der Waals surface area contributed by atoms with Crippen molar-refractivity contribution in [3.8, 4) is 0 Å². The fourth-order valence-electron chi connectivity index (χ4n) is 1.79. The van der Waals surface area contributed by atoms with Crippen LogP contribution in [0.4, 0.5) is 0 Å². The van der Waals surface area contributed by atoms with E-state index in [2.05, 4.69) is 23.7 Å². The molecule has 4 heteroatoms. The van der Waals surface area contributed by atoms with E-state index in [0.717, 1.165) is 27.0 Å². The molecule has 2 nitrogen and oxygen atoms in total. The van der Waals surface area contributed by atoms with Gasteiger partial charge in [-0.2, -0.15) is 0 Å². The molecule has 0 radical (unpaired) electrons. The monoisotopic (exact) mass is 269 g/mol. The molecule has 0 bridgehead atoms. The highest BCUT2D eigenvalue weighted by atomic mass is 35.5. The first-order valence-electron chi connectivity index (χ1n) is 5.52. The van der Waals surface area contributed by atoms with Crippen LogP contribution in [-0.4, -0.2) is 7.05 Å². The zero-order valence-corrected chi connectivity index (χ0v) is 12.0. The summed E-state index contributed by atoms with van der Waals surface area (Å²) < 4.78 is 5.77. The summed E-state index contributed by atoms with van der Waals surface area (Å²) in [5.74, 6) is 1.89. The van der Waals surface area contributed by atoms with Gasteiger partial charge >= 0.3 is 0 Å². The molecule has 0 amide bonds. The zero-order valence-electron chi connectivity index (χ0n) is 10.4. The molecule has 0 saturated carbocycles. The van der Waals surface area contributed by atoms with Gasteiger partial charge in [-0.05, 0) is 50.4 Å². The number of nitrogens with one attached hydrogen (secondary N) is 1. The van der Waals surface area contributed by atoms with Gasteiger partial charge in [0.25, 0.3) is 0 Å². The van der Waals surface area contributed by atoms with Crippen molar-refractivity contribution in [1.29, 1.82) is 0 Å². The van der Waals surface area contributed by atoms with Gasteiger partial charge in [0.15, 0.2) is 0 Å². The quantitative estimate of drug-likeness (QED) is 0.902. The average Bonchev–Trinajstić information content (AvgIpc) is 2.78. The second-order valence-corrected chi connectivity index (χ2v) is 5.50. The normalized spacial score (nSPS) is 13.0. The molecule has 2 rings (SSSR count). The minimum atomic E-state index is 0.0357. The van der Waals surface area contributed by atoms with Crippen molar-refractivity contribution >= 4 is 22.9 Å². The maximum absolute atomic E-state index is 6.31. The van der Waals surface area contributed by atoms with E-state index in [4.69, 9.17) is 16.0 Å². The van der Waals surface area contributed by atoms with E-state index in [1.54, 1.807) is 11.3 Å². The largest absolute Gasteiger partial charge is 0.464 e. The summed E-state index contributed by atoms with van der Waals surface area (Å²) in [4.78, 5) is 1.11. The van der Waals surface area contributed by atoms with Crippen molar-refractivity contribution in [3.05, 3.63) is 44.0 Å². The molecular weight excluding hydrogens is 254 g/mol. The Labute approximate surface area is 111 Å². The van der Waals surface area contributed by atoms with E-state index < -0.39 is 0 Å². The van der Waals surface area contributed by atoms with Gasteiger partial charge in [0.05, 0.1) is 5.02 Å². The van der Waals surface area contributed by atoms with Crippen LogP contribution in [-0.2, 0) is 0 Å². The predicted octanol–water partition coefficient (Wildman–Crippen LogP) is 4.23. The maximum atomic E-state index is 6.31. The SMILES string of the molecule is CNC(c1cc(C)c(C)o1)c1scc(C)c1Cl. The van der Waals surface area contributed by atoms with E-state index in [9.17, 15) is 0 Å². The van der Waals surface area contributed by atoms with E-state index >= 15 is 0 Å². The van der Waals surface area contributed by atoms with Gasteiger partial charge in [0.2, 0.25) is 0 Å². The lowest BCUT2D eigenvalue weighted by Crippen LogP contribution is -2.16. The molecule has 0 spiro atoms. The third-order valence-electron chi connectivity index (χ3n) is 2.95. The Balaban J connectivity index is 2.43. The van der Waals surface area contributed by atoms with Crippen molar-refractivity contribution < 1.29 is 4.42 Å². The van der Waals surface area contributed by atoms with Crippen LogP contribution in [0.1, 0.15) is 33.6 Å². The molecule has 0 aliphatic heterocycles. The summed E-state index contributed by atoms with van der Waals surface area (Å²) in [6.45, 7) is 6.05. The molecular formula is C13H16ClNOS. The Kier molecular flexibility index (Phi) is 3.61. The molecule has 17 heavy (non-hydrogen) atoms. The number of hydrogen-bond acceptors (Lipinski definition) is 3. The standard InChI is InChI=1S/C13H16ClNOS/c1-7-5-10(16-9(7)3)12(15-4)13-11(14)8(2)6-17-13/h5-6,12,15H,1-4H3. The number of aryl methyl sites for hydroxylation is 3. The molecule has 2 aromatic rings.